The van der Waals surface area contributed by atoms with Gasteiger partial charge >= 0.3 is 0 Å². The molecule has 2 fully saturated rings. The maximum absolute atomic E-state index is 14.6. The number of anilines is 1. The van der Waals surface area contributed by atoms with E-state index in [1.165, 1.54) is 12.3 Å². The molecule has 2 aliphatic rings. The Morgan fingerprint density at radius 2 is 2.05 bits per heavy atom. The smallest absolute Gasteiger partial charge is 0.143 e. The lowest BCUT2D eigenvalue weighted by atomic mass is 9.99. The molecule has 0 aliphatic carbocycles. The van der Waals surface area contributed by atoms with Crippen molar-refractivity contribution in [3.05, 3.63) is 23.8 Å². The summed E-state index contributed by atoms with van der Waals surface area (Å²) in [7, 11) is 0. The number of piperazine rings is 1. The third kappa shape index (κ3) is 3.16. The van der Waals surface area contributed by atoms with Crippen molar-refractivity contribution in [1.82, 2.24) is 15.2 Å². The summed E-state index contributed by atoms with van der Waals surface area (Å²) in [5.41, 5.74) is 1.47. The summed E-state index contributed by atoms with van der Waals surface area (Å²) in [6.45, 7) is 6.59. The first-order chi connectivity index (χ1) is 10.1. The molecule has 2 aliphatic heterocycles. The van der Waals surface area contributed by atoms with Crippen LogP contribution in [0.5, 0.6) is 0 Å². The number of nitrogens with one attached hydrogen (secondary N) is 1. The van der Waals surface area contributed by atoms with Crippen LogP contribution in [0.4, 0.5) is 14.5 Å². The first kappa shape index (κ1) is 14.7. The van der Waals surface area contributed by atoms with Crippen LogP contribution in [0.3, 0.4) is 0 Å². The molecule has 0 spiro atoms. The van der Waals surface area contributed by atoms with Crippen LogP contribution in [0, 0.1) is 12.7 Å². The van der Waals surface area contributed by atoms with E-state index in [0.717, 1.165) is 50.5 Å². The number of hydrogen-bond acceptors (Lipinski definition) is 4. The highest BCUT2D eigenvalue weighted by Crippen LogP contribution is 2.27. The molecule has 0 radical (unpaired) electrons. The van der Waals surface area contributed by atoms with E-state index in [9.17, 15) is 8.78 Å². The van der Waals surface area contributed by atoms with Crippen molar-refractivity contribution in [3.63, 3.8) is 0 Å². The second kappa shape index (κ2) is 6.23. The number of piperidine rings is 1. The Morgan fingerprint density at radius 3 is 2.76 bits per heavy atom. The van der Waals surface area contributed by atoms with Gasteiger partial charge in [-0.25, -0.2) is 8.78 Å². The first-order valence-corrected chi connectivity index (χ1v) is 7.61. The topological polar surface area (TPSA) is 31.4 Å². The molecule has 1 aromatic heterocycles. The predicted molar refractivity (Wildman–Crippen MR) is 78.9 cm³/mol. The maximum Gasteiger partial charge on any atom is 0.143 e. The zero-order chi connectivity index (χ0) is 14.8. The summed E-state index contributed by atoms with van der Waals surface area (Å²) in [5.74, 6) is -0.366. The van der Waals surface area contributed by atoms with Crippen LogP contribution in [-0.4, -0.2) is 61.4 Å². The van der Waals surface area contributed by atoms with Crippen molar-refractivity contribution in [2.45, 2.75) is 25.6 Å². The van der Waals surface area contributed by atoms with E-state index >= 15 is 0 Å². The van der Waals surface area contributed by atoms with Crippen molar-refractivity contribution < 1.29 is 8.78 Å². The number of halogens is 2. The summed E-state index contributed by atoms with van der Waals surface area (Å²) in [5, 5.41) is 3.29. The van der Waals surface area contributed by atoms with Crippen molar-refractivity contribution in [2.75, 3.05) is 44.2 Å². The molecule has 21 heavy (non-hydrogen) atoms. The number of rotatable bonds is 2. The van der Waals surface area contributed by atoms with Gasteiger partial charge in [0, 0.05) is 44.8 Å². The van der Waals surface area contributed by atoms with Crippen LogP contribution in [0.2, 0.25) is 0 Å². The van der Waals surface area contributed by atoms with Gasteiger partial charge in [-0.1, -0.05) is 0 Å². The second-order valence-corrected chi connectivity index (χ2v) is 5.86. The molecule has 6 heteroatoms. The highest BCUT2D eigenvalue weighted by atomic mass is 19.1. The lowest BCUT2D eigenvalue weighted by Gasteiger charge is -2.43. The van der Waals surface area contributed by atoms with E-state index in [4.69, 9.17) is 0 Å². The zero-order valence-corrected chi connectivity index (χ0v) is 12.4. The third-order valence-electron chi connectivity index (χ3n) is 4.50. The van der Waals surface area contributed by atoms with Gasteiger partial charge < -0.3 is 10.2 Å². The quantitative estimate of drug-likeness (QED) is 0.893. The summed E-state index contributed by atoms with van der Waals surface area (Å²) >= 11 is 0. The number of pyridine rings is 1. The van der Waals surface area contributed by atoms with Crippen LogP contribution >= 0.6 is 0 Å². The van der Waals surface area contributed by atoms with Gasteiger partial charge in [0.25, 0.3) is 0 Å². The molecular formula is C15H22F2N4. The number of aromatic nitrogens is 1. The average Bonchev–Trinajstić information content (AvgIpc) is 2.50. The molecule has 1 aromatic rings. The summed E-state index contributed by atoms with van der Waals surface area (Å²) in [4.78, 5) is 8.20. The van der Waals surface area contributed by atoms with Gasteiger partial charge in [0.1, 0.15) is 12.0 Å². The molecule has 0 amide bonds. The second-order valence-electron chi connectivity index (χ2n) is 5.86. The van der Waals surface area contributed by atoms with Gasteiger partial charge in [0.15, 0.2) is 0 Å². The normalized spacial score (nSPS) is 27.9. The van der Waals surface area contributed by atoms with Gasteiger partial charge in [-0.2, -0.15) is 0 Å². The Bertz CT molecular complexity index is 491. The minimum Gasteiger partial charge on any atom is -0.367 e. The Kier molecular flexibility index (Phi) is 4.35. The first-order valence-electron chi connectivity index (χ1n) is 7.61. The van der Waals surface area contributed by atoms with Crippen LogP contribution in [0.1, 0.15) is 12.1 Å². The van der Waals surface area contributed by atoms with Crippen LogP contribution in [-0.2, 0) is 0 Å². The van der Waals surface area contributed by atoms with Crippen LogP contribution in [0.25, 0.3) is 0 Å². The van der Waals surface area contributed by atoms with Gasteiger partial charge in [-0.15, -0.1) is 0 Å². The Labute approximate surface area is 124 Å². The molecule has 4 nitrogen and oxygen atoms in total. The minimum absolute atomic E-state index is 0.00910. The van der Waals surface area contributed by atoms with E-state index < -0.39 is 6.17 Å². The van der Waals surface area contributed by atoms with E-state index in [2.05, 4.69) is 15.2 Å². The minimum atomic E-state index is -0.903. The number of nitrogens with zero attached hydrogens (tertiary/aromatic N) is 3. The maximum atomic E-state index is 14.6. The number of hydrogen-bond donors (Lipinski definition) is 1. The fraction of sp³-hybridized carbons (Fsp3) is 0.667. The lowest BCUT2D eigenvalue weighted by molar-refractivity contribution is 0.0823. The van der Waals surface area contributed by atoms with E-state index in [0.29, 0.717) is 6.54 Å². The molecule has 3 heterocycles. The molecule has 116 valence electrons. The van der Waals surface area contributed by atoms with E-state index in [-0.39, 0.29) is 11.9 Å². The molecule has 0 unspecified atom stereocenters. The zero-order valence-electron chi connectivity index (χ0n) is 12.4. The van der Waals surface area contributed by atoms with Crippen molar-refractivity contribution >= 4 is 5.69 Å². The standard InChI is InChI=1S/C15H22F2N4/c1-11-15(8-12(16)9-19-11)21-5-2-14(13(17)10-21)20-6-3-18-4-7-20/h8-9,13-14,18H,2-7,10H2,1H3/t13-,14+/m1/s1. The fourth-order valence-corrected chi connectivity index (χ4v) is 3.35. The Morgan fingerprint density at radius 1 is 1.29 bits per heavy atom. The predicted octanol–water partition coefficient (Wildman–Crippen LogP) is 1.35. The third-order valence-corrected chi connectivity index (χ3v) is 4.50. The van der Waals surface area contributed by atoms with Crippen LogP contribution in [0.15, 0.2) is 12.3 Å². The van der Waals surface area contributed by atoms with Gasteiger partial charge in [0.2, 0.25) is 0 Å². The Balaban J connectivity index is 1.68. The highest BCUT2D eigenvalue weighted by molar-refractivity contribution is 5.50. The molecule has 0 aromatic carbocycles. The van der Waals surface area contributed by atoms with Crippen LogP contribution < -0.4 is 10.2 Å². The molecule has 2 saturated heterocycles. The van der Waals surface area contributed by atoms with Crippen molar-refractivity contribution in [1.29, 1.82) is 0 Å². The number of alkyl halides is 1. The fourth-order valence-electron chi connectivity index (χ4n) is 3.35. The highest BCUT2D eigenvalue weighted by Gasteiger charge is 2.34. The molecule has 0 bridgehead atoms. The SMILES string of the molecule is Cc1ncc(F)cc1N1CC[C@H](N2CCNCC2)[C@H](F)C1. The van der Waals surface area contributed by atoms with Crippen molar-refractivity contribution in [3.8, 4) is 0 Å². The van der Waals surface area contributed by atoms with E-state index in [1.807, 2.05) is 11.8 Å². The largest absolute Gasteiger partial charge is 0.367 e. The van der Waals surface area contributed by atoms with Crippen molar-refractivity contribution in [2.24, 2.45) is 0 Å². The average molecular weight is 296 g/mol. The summed E-state index contributed by atoms with van der Waals surface area (Å²) < 4.78 is 28.0. The van der Waals surface area contributed by atoms with E-state index in [1.54, 1.807) is 0 Å². The number of aryl methyl sites for hydroxylation is 1. The monoisotopic (exact) mass is 296 g/mol. The molecular weight excluding hydrogens is 274 g/mol. The lowest BCUT2D eigenvalue weighted by Crippen LogP contribution is -2.57. The van der Waals surface area contributed by atoms with Gasteiger partial charge in [-0.3, -0.25) is 9.88 Å². The Hall–Kier alpha value is -1.27. The molecule has 2 atom stereocenters. The summed E-state index contributed by atoms with van der Waals surface area (Å²) in [6.07, 6.45) is 1.08. The van der Waals surface area contributed by atoms with Gasteiger partial charge in [-0.05, 0) is 13.3 Å². The molecule has 3 rings (SSSR count). The molecule has 1 N–H and O–H groups in total. The van der Waals surface area contributed by atoms with Gasteiger partial charge in [0.05, 0.1) is 24.1 Å². The summed E-state index contributed by atoms with van der Waals surface area (Å²) in [6, 6.07) is 1.45. The molecule has 0 saturated carbocycles.